The van der Waals surface area contributed by atoms with Crippen molar-refractivity contribution in [3.63, 3.8) is 0 Å². The Morgan fingerprint density at radius 2 is 1.76 bits per heavy atom. The lowest BCUT2D eigenvalue weighted by Gasteiger charge is -2.28. The highest BCUT2D eigenvalue weighted by atomic mass is 15.3. The van der Waals surface area contributed by atoms with Crippen molar-refractivity contribution in [1.82, 2.24) is 20.1 Å². The zero-order valence-corrected chi connectivity index (χ0v) is 10.8. The molecule has 4 nitrogen and oxygen atoms in total. The van der Waals surface area contributed by atoms with Gasteiger partial charge in [-0.15, -0.1) is 10.2 Å². The second kappa shape index (κ2) is 4.41. The van der Waals surface area contributed by atoms with Gasteiger partial charge < -0.3 is 9.88 Å². The minimum atomic E-state index is 0.354. The lowest BCUT2D eigenvalue weighted by atomic mass is 9.82. The van der Waals surface area contributed by atoms with E-state index in [0.717, 1.165) is 24.8 Å². The molecule has 1 aliphatic heterocycles. The smallest absolute Gasteiger partial charge is 0.149 e. The highest BCUT2D eigenvalue weighted by Gasteiger charge is 2.28. The minimum Gasteiger partial charge on any atom is -0.312 e. The summed E-state index contributed by atoms with van der Waals surface area (Å²) in [4.78, 5) is 0. The molecule has 0 bridgehead atoms. The maximum atomic E-state index is 4.47. The Bertz CT molecular complexity index is 390. The highest BCUT2D eigenvalue weighted by Crippen LogP contribution is 2.35. The van der Waals surface area contributed by atoms with Crippen molar-refractivity contribution in [3.8, 4) is 0 Å². The molecule has 1 unspecified atom stereocenters. The van der Waals surface area contributed by atoms with E-state index in [1.807, 2.05) is 0 Å². The molecule has 1 fully saturated rings. The highest BCUT2D eigenvalue weighted by molar-refractivity contribution is 5.08. The monoisotopic (exact) mass is 234 g/mol. The van der Waals surface area contributed by atoms with E-state index in [1.54, 1.807) is 0 Å². The normalized spacial score (nSPS) is 33.4. The average Bonchev–Trinajstić information content (AvgIpc) is 2.75. The van der Waals surface area contributed by atoms with Crippen LogP contribution in [-0.4, -0.2) is 21.3 Å². The molecular formula is C13H22N4. The molecule has 0 saturated heterocycles. The predicted molar refractivity (Wildman–Crippen MR) is 66.8 cm³/mol. The van der Waals surface area contributed by atoms with Gasteiger partial charge in [0.15, 0.2) is 0 Å². The average molecular weight is 234 g/mol. The summed E-state index contributed by atoms with van der Waals surface area (Å²) in [5.41, 5.74) is 0. The third-order valence-corrected chi connectivity index (χ3v) is 4.36. The molecule has 1 atom stereocenters. The molecule has 94 valence electrons. The Hall–Kier alpha value is -0.900. The van der Waals surface area contributed by atoms with Crippen LogP contribution < -0.4 is 5.32 Å². The zero-order chi connectivity index (χ0) is 11.8. The van der Waals surface area contributed by atoms with E-state index in [2.05, 4.69) is 33.9 Å². The minimum absolute atomic E-state index is 0.354. The van der Waals surface area contributed by atoms with Crippen molar-refractivity contribution in [2.45, 2.75) is 58.0 Å². The van der Waals surface area contributed by atoms with E-state index in [9.17, 15) is 0 Å². The van der Waals surface area contributed by atoms with E-state index in [0.29, 0.717) is 12.0 Å². The van der Waals surface area contributed by atoms with Gasteiger partial charge in [-0.2, -0.15) is 0 Å². The largest absolute Gasteiger partial charge is 0.312 e. The van der Waals surface area contributed by atoms with Crippen molar-refractivity contribution in [2.75, 3.05) is 6.54 Å². The summed E-state index contributed by atoms with van der Waals surface area (Å²) < 4.78 is 2.36. The number of hydrogen-bond acceptors (Lipinski definition) is 3. The van der Waals surface area contributed by atoms with E-state index in [4.69, 9.17) is 0 Å². The summed E-state index contributed by atoms with van der Waals surface area (Å²) in [5.74, 6) is 3.93. The van der Waals surface area contributed by atoms with Crippen LogP contribution in [-0.2, 0) is 6.54 Å². The lowest BCUT2D eigenvalue weighted by molar-refractivity contribution is 0.327. The molecule has 0 amide bonds. The first kappa shape index (κ1) is 11.2. The maximum absolute atomic E-state index is 4.47. The molecule has 1 aliphatic carbocycles. The fourth-order valence-corrected chi connectivity index (χ4v) is 3.18. The van der Waals surface area contributed by atoms with Gasteiger partial charge in [0.2, 0.25) is 0 Å². The van der Waals surface area contributed by atoms with Gasteiger partial charge in [-0.1, -0.05) is 19.8 Å². The number of nitrogens with one attached hydrogen (secondary N) is 1. The second-order valence-electron chi connectivity index (χ2n) is 5.70. The van der Waals surface area contributed by atoms with Crippen LogP contribution in [0.25, 0.3) is 0 Å². The van der Waals surface area contributed by atoms with Gasteiger partial charge in [0.05, 0.1) is 6.04 Å². The molecule has 1 N–H and O–H groups in total. The van der Waals surface area contributed by atoms with Crippen LogP contribution in [0.1, 0.15) is 63.1 Å². The molecule has 1 aromatic heterocycles. The van der Waals surface area contributed by atoms with Gasteiger partial charge >= 0.3 is 0 Å². The Balaban J connectivity index is 1.84. The molecule has 2 heterocycles. The van der Waals surface area contributed by atoms with Gasteiger partial charge in [0.1, 0.15) is 11.6 Å². The number of hydrogen-bond donors (Lipinski definition) is 1. The molecule has 1 aromatic rings. The molecule has 0 spiro atoms. The second-order valence-corrected chi connectivity index (χ2v) is 5.70. The standard InChI is InChI=1S/C13H22N4/c1-9-3-5-11(6-4-9)13-16-15-12-10(2)14-7-8-17(12)13/h9-11,14H,3-8H2,1-2H3. The van der Waals surface area contributed by atoms with Crippen molar-refractivity contribution >= 4 is 0 Å². The predicted octanol–water partition coefficient (Wildman–Crippen LogP) is 2.24. The number of aromatic nitrogens is 3. The summed E-state index contributed by atoms with van der Waals surface area (Å²) in [5, 5.41) is 12.3. The van der Waals surface area contributed by atoms with Crippen molar-refractivity contribution in [2.24, 2.45) is 5.92 Å². The molecule has 3 rings (SSSR count). The fraction of sp³-hybridized carbons (Fsp3) is 0.846. The van der Waals surface area contributed by atoms with Gasteiger partial charge in [-0.25, -0.2) is 0 Å². The van der Waals surface area contributed by atoms with Crippen LogP contribution in [0.2, 0.25) is 0 Å². The molecule has 1 saturated carbocycles. The fourth-order valence-electron chi connectivity index (χ4n) is 3.18. The first-order chi connectivity index (χ1) is 8.25. The van der Waals surface area contributed by atoms with E-state index < -0.39 is 0 Å². The number of fused-ring (bicyclic) bond motifs is 1. The Morgan fingerprint density at radius 3 is 2.53 bits per heavy atom. The lowest BCUT2D eigenvalue weighted by Crippen LogP contribution is -2.33. The van der Waals surface area contributed by atoms with Crippen LogP contribution in [0.5, 0.6) is 0 Å². The van der Waals surface area contributed by atoms with Crippen LogP contribution in [0, 0.1) is 5.92 Å². The first-order valence-corrected chi connectivity index (χ1v) is 6.92. The van der Waals surface area contributed by atoms with E-state index in [-0.39, 0.29) is 0 Å². The molecular weight excluding hydrogens is 212 g/mol. The van der Waals surface area contributed by atoms with Gasteiger partial charge in [0.25, 0.3) is 0 Å². The SMILES string of the molecule is CC1CCC(c2nnc3n2CCNC3C)CC1. The first-order valence-electron chi connectivity index (χ1n) is 6.92. The van der Waals surface area contributed by atoms with Crippen LogP contribution in [0.15, 0.2) is 0 Å². The molecule has 0 radical (unpaired) electrons. The number of rotatable bonds is 1. The zero-order valence-electron chi connectivity index (χ0n) is 10.8. The van der Waals surface area contributed by atoms with Crippen LogP contribution in [0.3, 0.4) is 0 Å². The number of nitrogens with zero attached hydrogens (tertiary/aromatic N) is 3. The quantitative estimate of drug-likeness (QED) is 0.810. The molecule has 4 heteroatoms. The summed E-state index contributed by atoms with van der Waals surface area (Å²) in [6.07, 6.45) is 5.28. The summed E-state index contributed by atoms with van der Waals surface area (Å²) in [6.45, 7) is 6.62. The molecule has 17 heavy (non-hydrogen) atoms. The van der Waals surface area contributed by atoms with Gasteiger partial charge in [0, 0.05) is 19.0 Å². The van der Waals surface area contributed by atoms with E-state index >= 15 is 0 Å². The van der Waals surface area contributed by atoms with Crippen molar-refractivity contribution < 1.29 is 0 Å². The Labute approximate surface area is 103 Å². The molecule has 2 aliphatic rings. The third-order valence-electron chi connectivity index (χ3n) is 4.36. The van der Waals surface area contributed by atoms with E-state index in [1.165, 1.54) is 31.5 Å². The topological polar surface area (TPSA) is 42.7 Å². The Morgan fingerprint density at radius 1 is 1.06 bits per heavy atom. The van der Waals surface area contributed by atoms with Crippen molar-refractivity contribution in [1.29, 1.82) is 0 Å². The maximum Gasteiger partial charge on any atom is 0.149 e. The van der Waals surface area contributed by atoms with Crippen LogP contribution >= 0.6 is 0 Å². The molecule has 0 aromatic carbocycles. The van der Waals surface area contributed by atoms with Crippen LogP contribution in [0.4, 0.5) is 0 Å². The summed E-state index contributed by atoms with van der Waals surface area (Å²) in [6, 6.07) is 0.354. The van der Waals surface area contributed by atoms with Crippen molar-refractivity contribution in [3.05, 3.63) is 11.6 Å². The Kier molecular flexibility index (Phi) is 2.90. The third kappa shape index (κ3) is 1.99. The summed E-state index contributed by atoms with van der Waals surface area (Å²) in [7, 11) is 0. The van der Waals surface area contributed by atoms with Gasteiger partial charge in [-0.05, 0) is 25.7 Å². The summed E-state index contributed by atoms with van der Waals surface area (Å²) >= 11 is 0. The van der Waals surface area contributed by atoms with Gasteiger partial charge in [-0.3, -0.25) is 0 Å².